The van der Waals surface area contributed by atoms with Crippen LogP contribution in [-0.4, -0.2) is 45.2 Å². The second kappa shape index (κ2) is 9.67. The fourth-order valence-corrected chi connectivity index (χ4v) is 3.30. The molecule has 1 aliphatic heterocycles. The van der Waals surface area contributed by atoms with Gasteiger partial charge in [-0.05, 0) is 56.4 Å². The summed E-state index contributed by atoms with van der Waals surface area (Å²) in [4.78, 5) is 29.4. The minimum atomic E-state index is -0.296. The minimum absolute atomic E-state index is 0.0825. The number of rotatable bonds is 7. The summed E-state index contributed by atoms with van der Waals surface area (Å²) < 4.78 is 5.76. The summed E-state index contributed by atoms with van der Waals surface area (Å²) in [5.74, 6) is 1.95. The Balaban J connectivity index is 1.60. The Kier molecular flexibility index (Phi) is 7.01. The standard InChI is InChI=1S/C22H30N4O3/c1-4-16(3)29-18-7-5-17(6-8-18)21-23-22(28)19(24-25-21)9-10-20(27)26-13-11-15(2)12-14-26/h5-8,15-16H,4,9-14H2,1-3H3,(H,23,25,28)/t16-/m0/s1. The number of nitrogens with one attached hydrogen (secondary N) is 1. The third kappa shape index (κ3) is 5.65. The van der Waals surface area contributed by atoms with Gasteiger partial charge in [-0.15, -0.1) is 10.2 Å². The number of piperidine rings is 1. The Bertz CT molecular complexity index is 870. The van der Waals surface area contributed by atoms with Crippen molar-refractivity contribution in [1.29, 1.82) is 0 Å². The van der Waals surface area contributed by atoms with Crippen LogP contribution in [0, 0.1) is 5.92 Å². The zero-order chi connectivity index (χ0) is 20.8. The number of nitrogens with zero attached hydrogens (tertiary/aromatic N) is 3. The molecule has 156 valence electrons. The molecule has 7 heteroatoms. The average Bonchev–Trinajstić information content (AvgIpc) is 2.73. The first kappa shape index (κ1) is 21.0. The number of H-pyrrole nitrogens is 1. The highest BCUT2D eigenvalue weighted by Crippen LogP contribution is 2.20. The molecule has 1 N–H and O–H groups in total. The van der Waals surface area contributed by atoms with E-state index in [9.17, 15) is 9.59 Å². The predicted octanol–water partition coefficient (Wildman–Crippen LogP) is 3.20. The number of benzene rings is 1. The van der Waals surface area contributed by atoms with E-state index in [4.69, 9.17) is 4.74 Å². The molecule has 0 spiro atoms. The summed E-state index contributed by atoms with van der Waals surface area (Å²) >= 11 is 0. The van der Waals surface area contributed by atoms with Gasteiger partial charge in [0.15, 0.2) is 5.82 Å². The number of aryl methyl sites for hydroxylation is 1. The molecule has 0 unspecified atom stereocenters. The number of likely N-dealkylation sites (tertiary alicyclic amines) is 1. The molecule has 2 heterocycles. The summed E-state index contributed by atoms with van der Waals surface area (Å²) in [7, 11) is 0. The van der Waals surface area contributed by atoms with Crippen LogP contribution in [-0.2, 0) is 11.2 Å². The Morgan fingerprint density at radius 2 is 1.93 bits per heavy atom. The maximum absolute atomic E-state index is 12.4. The van der Waals surface area contributed by atoms with E-state index in [0.717, 1.165) is 43.7 Å². The van der Waals surface area contributed by atoms with Crippen molar-refractivity contribution >= 4 is 5.91 Å². The molecule has 2 aromatic rings. The van der Waals surface area contributed by atoms with Crippen molar-refractivity contribution in [2.24, 2.45) is 5.92 Å². The van der Waals surface area contributed by atoms with Crippen LogP contribution in [0.4, 0.5) is 0 Å². The van der Waals surface area contributed by atoms with Crippen molar-refractivity contribution in [2.45, 2.75) is 59.0 Å². The Hall–Kier alpha value is -2.70. The fourth-order valence-electron chi connectivity index (χ4n) is 3.30. The molecule has 1 atom stereocenters. The quantitative estimate of drug-likeness (QED) is 0.774. The van der Waals surface area contributed by atoms with E-state index in [-0.39, 0.29) is 24.0 Å². The van der Waals surface area contributed by atoms with Crippen molar-refractivity contribution in [2.75, 3.05) is 13.1 Å². The Morgan fingerprint density at radius 3 is 2.55 bits per heavy atom. The van der Waals surface area contributed by atoms with Gasteiger partial charge in [0, 0.05) is 31.5 Å². The number of carbonyl (C=O) groups excluding carboxylic acids is 1. The highest BCUT2D eigenvalue weighted by atomic mass is 16.5. The lowest BCUT2D eigenvalue weighted by molar-refractivity contribution is -0.132. The first-order valence-electron chi connectivity index (χ1n) is 10.5. The molecule has 1 saturated heterocycles. The molecule has 0 bridgehead atoms. The smallest absolute Gasteiger partial charge is 0.273 e. The maximum atomic E-state index is 12.4. The van der Waals surface area contributed by atoms with E-state index in [1.807, 2.05) is 36.1 Å². The molecular formula is C22H30N4O3. The van der Waals surface area contributed by atoms with Crippen LogP contribution in [0.2, 0.25) is 0 Å². The molecule has 1 fully saturated rings. The monoisotopic (exact) mass is 398 g/mol. The van der Waals surface area contributed by atoms with E-state index >= 15 is 0 Å². The van der Waals surface area contributed by atoms with Crippen LogP contribution in [0.3, 0.4) is 0 Å². The van der Waals surface area contributed by atoms with Crippen molar-refractivity contribution < 1.29 is 9.53 Å². The van der Waals surface area contributed by atoms with Crippen LogP contribution < -0.4 is 10.3 Å². The van der Waals surface area contributed by atoms with Crippen LogP contribution in [0.15, 0.2) is 29.1 Å². The Morgan fingerprint density at radius 1 is 1.24 bits per heavy atom. The summed E-state index contributed by atoms with van der Waals surface area (Å²) in [5.41, 5.74) is 0.760. The topological polar surface area (TPSA) is 88.2 Å². The van der Waals surface area contributed by atoms with Gasteiger partial charge in [-0.2, -0.15) is 0 Å². The van der Waals surface area contributed by atoms with E-state index in [1.165, 1.54) is 0 Å². The molecule has 3 rings (SSSR count). The average molecular weight is 399 g/mol. The Labute approximate surface area is 171 Å². The molecule has 29 heavy (non-hydrogen) atoms. The number of hydrogen-bond acceptors (Lipinski definition) is 5. The van der Waals surface area contributed by atoms with Gasteiger partial charge in [0.05, 0.1) is 6.10 Å². The SMILES string of the molecule is CC[C@H](C)Oc1ccc(-c2nnc(CCC(=O)N3CCC(C)CC3)c(=O)[nH]2)cc1. The van der Waals surface area contributed by atoms with Gasteiger partial charge in [-0.3, -0.25) is 9.59 Å². The van der Waals surface area contributed by atoms with E-state index in [1.54, 1.807) is 0 Å². The normalized spacial score (nSPS) is 15.9. The van der Waals surface area contributed by atoms with Crippen LogP contribution in [0.1, 0.15) is 52.1 Å². The number of aromatic nitrogens is 3. The molecule has 7 nitrogen and oxygen atoms in total. The number of ether oxygens (including phenoxy) is 1. The van der Waals surface area contributed by atoms with E-state index in [2.05, 4.69) is 29.0 Å². The van der Waals surface area contributed by atoms with Crippen LogP contribution in [0.25, 0.3) is 11.4 Å². The van der Waals surface area contributed by atoms with E-state index in [0.29, 0.717) is 23.9 Å². The largest absolute Gasteiger partial charge is 0.491 e. The first-order valence-corrected chi connectivity index (χ1v) is 10.5. The summed E-state index contributed by atoms with van der Waals surface area (Å²) in [5, 5.41) is 8.22. The zero-order valence-electron chi connectivity index (χ0n) is 17.5. The first-order chi connectivity index (χ1) is 14.0. The molecule has 0 saturated carbocycles. The van der Waals surface area contributed by atoms with Crippen molar-refractivity contribution in [1.82, 2.24) is 20.1 Å². The summed E-state index contributed by atoms with van der Waals surface area (Å²) in [6.07, 6.45) is 3.75. The molecule has 0 radical (unpaired) electrons. The second-order valence-corrected chi connectivity index (χ2v) is 7.87. The van der Waals surface area contributed by atoms with Gasteiger partial charge in [0.25, 0.3) is 5.56 Å². The van der Waals surface area contributed by atoms with E-state index < -0.39 is 0 Å². The predicted molar refractivity (Wildman–Crippen MR) is 112 cm³/mol. The van der Waals surface area contributed by atoms with Gasteiger partial charge in [-0.1, -0.05) is 13.8 Å². The number of amides is 1. The lowest BCUT2D eigenvalue weighted by atomic mass is 9.99. The third-order valence-corrected chi connectivity index (χ3v) is 5.52. The minimum Gasteiger partial charge on any atom is -0.491 e. The summed E-state index contributed by atoms with van der Waals surface area (Å²) in [6, 6.07) is 7.40. The highest BCUT2D eigenvalue weighted by molar-refractivity contribution is 5.76. The number of aromatic amines is 1. The second-order valence-electron chi connectivity index (χ2n) is 7.87. The van der Waals surface area contributed by atoms with Crippen LogP contribution >= 0.6 is 0 Å². The summed E-state index contributed by atoms with van der Waals surface area (Å²) in [6.45, 7) is 7.91. The molecule has 1 aromatic heterocycles. The highest BCUT2D eigenvalue weighted by Gasteiger charge is 2.20. The fraction of sp³-hybridized carbons (Fsp3) is 0.545. The maximum Gasteiger partial charge on any atom is 0.273 e. The van der Waals surface area contributed by atoms with Crippen molar-refractivity contribution in [3.63, 3.8) is 0 Å². The molecule has 1 aromatic carbocycles. The van der Waals surface area contributed by atoms with Crippen molar-refractivity contribution in [3.8, 4) is 17.1 Å². The van der Waals surface area contributed by atoms with Gasteiger partial charge in [0.2, 0.25) is 5.91 Å². The molecule has 1 amide bonds. The van der Waals surface area contributed by atoms with Crippen molar-refractivity contribution in [3.05, 3.63) is 40.3 Å². The lowest BCUT2D eigenvalue weighted by Crippen LogP contribution is -2.38. The third-order valence-electron chi connectivity index (χ3n) is 5.52. The zero-order valence-corrected chi connectivity index (χ0v) is 17.5. The number of carbonyl (C=O) groups is 1. The lowest BCUT2D eigenvalue weighted by Gasteiger charge is -2.30. The van der Waals surface area contributed by atoms with Gasteiger partial charge >= 0.3 is 0 Å². The van der Waals surface area contributed by atoms with Crippen LogP contribution in [0.5, 0.6) is 5.75 Å². The van der Waals surface area contributed by atoms with Gasteiger partial charge in [0.1, 0.15) is 11.4 Å². The number of hydrogen-bond donors (Lipinski definition) is 1. The molecule has 1 aliphatic rings. The van der Waals surface area contributed by atoms with Gasteiger partial charge in [-0.25, -0.2) is 0 Å². The van der Waals surface area contributed by atoms with Gasteiger partial charge < -0.3 is 14.6 Å². The molecular weight excluding hydrogens is 368 g/mol. The molecule has 0 aliphatic carbocycles.